The molecule has 3 rings (SSSR count). The highest BCUT2D eigenvalue weighted by molar-refractivity contribution is 5.93. The zero-order valence-corrected chi connectivity index (χ0v) is 17.1. The number of amides is 3. The third-order valence-electron chi connectivity index (χ3n) is 4.42. The average Bonchev–Trinajstić information content (AvgIpc) is 2.80. The van der Waals surface area contributed by atoms with Crippen LogP contribution < -0.4 is 16.0 Å². The lowest BCUT2D eigenvalue weighted by molar-refractivity contribution is -0.121. The molecule has 0 heterocycles. The second-order valence-corrected chi connectivity index (χ2v) is 6.76. The first-order valence-electron chi connectivity index (χ1n) is 9.93. The van der Waals surface area contributed by atoms with E-state index in [9.17, 15) is 9.59 Å². The molecule has 6 heteroatoms. The van der Waals surface area contributed by atoms with E-state index in [0.29, 0.717) is 17.9 Å². The Balaban J connectivity index is 1.57. The van der Waals surface area contributed by atoms with E-state index in [0.717, 1.165) is 11.1 Å². The summed E-state index contributed by atoms with van der Waals surface area (Å²) in [6.07, 6.45) is 1.26. The van der Waals surface area contributed by atoms with Crippen LogP contribution >= 0.6 is 0 Å². The fourth-order valence-corrected chi connectivity index (χ4v) is 2.97. The Kier molecular flexibility index (Phi) is 7.97. The predicted octanol–water partition coefficient (Wildman–Crippen LogP) is 4.74. The highest BCUT2D eigenvalue weighted by atomic mass is 16.5. The topological polar surface area (TPSA) is 79.5 Å². The summed E-state index contributed by atoms with van der Waals surface area (Å²) in [5.41, 5.74) is 3.18. The van der Waals surface area contributed by atoms with E-state index >= 15 is 0 Å². The van der Waals surface area contributed by atoms with E-state index in [1.54, 1.807) is 30.3 Å². The van der Waals surface area contributed by atoms with Crippen molar-refractivity contribution in [2.24, 2.45) is 0 Å². The number of carbonyl (C=O) groups excluding carboxylic acids is 2. The smallest absolute Gasteiger partial charge is 0.319 e. The number of nitrogens with one attached hydrogen (secondary N) is 3. The largest absolute Gasteiger partial charge is 0.359 e. The minimum Gasteiger partial charge on any atom is -0.359 e. The number of carbonyl (C=O) groups is 2. The molecule has 0 saturated carbocycles. The maximum Gasteiger partial charge on any atom is 0.319 e. The molecular weight excluding hydrogens is 390 g/mol. The van der Waals surface area contributed by atoms with E-state index in [-0.39, 0.29) is 24.6 Å². The summed E-state index contributed by atoms with van der Waals surface area (Å²) in [6, 6.07) is 26.1. The van der Waals surface area contributed by atoms with Crippen molar-refractivity contribution >= 4 is 23.3 Å². The molecule has 158 valence electrons. The van der Waals surface area contributed by atoms with Crippen LogP contribution in [-0.2, 0) is 9.53 Å². The number of benzene rings is 3. The van der Waals surface area contributed by atoms with Crippen LogP contribution in [-0.4, -0.2) is 25.1 Å². The van der Waals surface area contributed by atoms with Gasteiger partial charge in [0.1, 0.15) is 12.7 Å². The first-order chi connectivity index (χ1) is 15.2. The maximum atomic E-state index is 12.4. The summed E-state index contributed by atoms with van der Waals surface area (Å²) >= 11 is 0. The highest BCUT2D eigenvalue weighted by Crippen LogP contribution is 2.25. The second-order valence-electron chi connectivity index (χ2n) is 6.76. The van der Waals surface area contributed by atoms with Crippen LogP contribution in [0, 0.1) is 0 Å². The average molecular weight is 415 g/mol. The summed E-state index contributed by atoms with van der Waals surface area (Å²) in [6.45, 7) is 3.83. The molecule has 0 radical (unpaired) electrons. The molecule has 3 N–H and O–H groups in total. The zero-order valence-electron chi connectivity index (χ0n) is 17.1. The Labute approximate surface area is 181 Å². The molecule has 0 saturated heterocycles. The van der Waals surface area contributed by atoms with Gasteiger partial charge in [0.2, 0.25) is 5.91 Å². The number of hydrogen-bond acceptors (Lipinski definition) is 3. The summed E-state index contributed by atoms with van der Waals surface area (Å²) in [4.78, 5) is 24.1. The molecule has 0 atom stereocenters. The molecule has 0 aliphatic rings. The maximum absolute atomic E-state index is 12.4. The number of rotatable bonds is 9. The van der Waals surface area contributed by atoms with Gasteiger partial charge in [-0.05, 0) is 35.4 Å². The molecule has 3 aromatic rings. The summed E-state index contributed by atoms with van der Waals surface area (Å²) < 4.78 is 5.98. The summed E-state index contributed by atoms with van der Waals surface area (Å²) in [5.74, 6) is -0.263. The number of hydrogen-bond donors (Lipinski definition) is 3. The quantitative estimate of drug-likeness (QED) is 0.442. The van der Waals surface area contributed by atoms with Gasteiger partial charge < -0.3 is 20.7 Å². The predicted molar refractivity (Wildman–Crippen MR) is 123 cm³/mol. The Bertz CT molecular complexity index is 950. The van der Waals surface area contributed by atoms with Crippen LogP contribution in [0.15, 0.2) is 97.6 Å². The van der Waals surface area contributed by atoms with Crippen LogP contribution in [0.25, 0.3) is 0 Å². The van der Waals surface area contributed by atoms with Crippen LogP contribution in [0.4, 0.5) is 16.2 Å². The number of urea groups is 1. The molecule has 6 nitrogen and oxygen atoms in total. The Hall–Kier alpha value is -3.90. The van der Waals surface area contributed by atoms with Crippen molar-refractivity contribution in [1.82, 2.24) is 5.32 Å². The van der Waals surface area contributed by atoms with Crippen molar-refractivity contribution in [1.29, 1.82) is 0 Å². The van der Waals surface area contributed by atoms with Crippen molar-refractivity contribution in [2.45, 2.75) is 6.10 Å². The van der Waals surface area contributed by atoms with Crippen LogP contribution in [0.3, 0.4) is 0 Å². The van der Waals surface area contributed by atoms with E-state index < -0.39 is 0 Å². The molecule has 0 aliphatic heterocycles. The van der Waals surface area contributed by atoms with Gasteiger partial charge in [0.05, 0.1) is 0 Å². The Morgan fingerprint density at radius 3 is 1.84 bits per heavy atom. The van der Waals surface area contributed by atoms with Gasteiger partial charge in [-0.3, -0.25) is 4.79 Å². The standard InChI is InChI=1S/C25H25N3O3/c1-2-17-26-25(30)28-22-15-13-21(14-16-22)27-23(29)18-31-24(19-9-5-3-6-10-19)20-11-7-4-8-12-20/h2-16,24H,1,17-18H2,(H,27,29)(H2,26,28,30). The van der Waals surface area contributed by atoms with Crippen molar-refractivity contribution in [2.75, 3.05) is 23.8 Å². The monoisotopic (exact) mass is 415 g/mol. The van der Waals surface area contributed by atoms with Crippen molar-refractivity contribution < 1.29 is 14.3 Å². The first kappa shape index (κ1) is 21.8. The van der Waals surface area contributed by atoms with Crippen LogP contribution in [0.2, 0.25) is 0 Å². The van der Waals surface area contributed by atoms with Gasteiger partial charge in [-0.15, -0.1) is 6.58 Å². The molecule has 3 aromatic carbocycles. The highest BCUT2D eigenvalue weighted by Gasteiger charge is 2.16. The molecule has 0 spiro atoms. The lowest BCUT2D eigenvalue weighted by atomic mass is 10.0. The summed E-state index contributed by atoms with van der Waals surface area (Å²) in [7, 11) is 0. The van der Waals surface area contributed by atoms with Crippen molar-refractivity contribution in [3.05, 3.63) is 109 Å². The van der Waals surface area contributed by atoms with Crippen LogP contribution in [0.5, 0.6) is 0 Å². The molecular formula is C25H25N3O3. The van der Waals surface area contributed by atoms with Gasteiger partial charge in [0, 0.05) is 17.9 Å². The molecule has 31 heavy (non-hydrogen) atoms. The van der Waals surface area contributed by atoms with E-state index in [1.165, 1.54) is 0 Å². The normalized spacial score (nSPS) is 10.4. The van der Waals surface area contributed by atoms with Gasteiger partial charge in [-0.2, -0.15) is 0 Å². The van der Waals surface area contributed by atoms with Gasteiger partial charge in [-0.25, -0.2) is 4.79 Å². The van der Waals surface area contributed by atoms with Crippen molar-refractivity contribution in [3.8, 4) is 0 Å². The zero-order chi connectivity index (χ0) is 21.9. The Morgan fingerprint density at radius 2 is 1.32 bits per heavy atom. The van der Waals surface area contributed by atoms with Gasteiger partial charge in [0.25, 0.3) is 0 Å². The third-order valence-corrected chi connectivity index (χ3v) is 4.42. The minimum absolute atomic E-state index is 0.0988. The molecule has 0 aromatic heterocycles. The van der Waals surface area contributed by atoms with Gasteiger partial charge in [-0.1, -0.05) is 66.7 Å². The summed E-state index contributed by atoms with van der Waals surface area (Å²) in [5, 5.41) is 8.14. The third kappa shape index (κ3) is 6.83. The lowest BCUT2D eigenvalue weighted by Crippen LogP contribution is -2.28. The van der Waals surface area contributed by atoms with Gasteiger partial charge >= 0.3 is 6.03 Å². The SMILES string of the molecule is C=CCNC(=O)Nc1ccc(NC(=O)COC(c2ccccc2)c2ccccc2)cc1. The van der Waals surface area contributed by atoms with Crippen LogP contribution in [0.1, 0.15) is 17.2 Å². The molecule has 3 amide bonds. The lowest BCUT2D eigenvalue weighted by Gasteiger charge is -2.19. The number of ether oxygens (including phenoxy) is 1. The molecule has 0 unspecified atom stereocenters. The van der Waals surface area contributed by atoms with E-state index in [2.05, 4.69) is 22.5 Å². The van der Waals surface area contributed by atoms with Gasteiger partial charge in [0.15, 0.2) is 0 Å². The number of anilines is 2. The minimum atomic E-state index is -0.339. The van der Waals surface area contributed by atoms with E-state index in [1.807, 2.05) is 60.7 Å². The van der Waals surface area contributed by atoms with Crippen molar-refractivity contribution in [3.63, 3.8) is 0 Å². The molecule has 0 aliphatic carbocycles. The van der Waals surface area contributed by atoms with E-state index in [4.69, 9.17) is 4.74 Å². The fourth-order valence-electron chi connectivity index (χ4n) is 2.97. The molecule has 0 bridgehead atoms. The fraction of sp³-hybridized carbons (Fsp3) is 0.120. The Morgan fingerprint density at radius 1 is 0.806 bits per heavy atom. The molecule has 0 fully saturated rings. The first-order valence-corrected chi connectivity index (χ1v) is 9.93. The second kappa shape index (κ2) is 11.3.